The van der Waals surface area contributed by atoms with Crippen LogP contribution in [0.4, 0.5) is 0 Å². The Balaban J connectivity index is 3.14. The Morgan fingerprint density at radius 1 is 1.27 bits per heavy atom. The van der Waals surface area contributed by atoms with Crippen molar-refractivity contribution in [1.82, 2.24) is 0 Å². The number of hydrogen-bond acceptors (Lipinski definition) is 0. The van der Waals surface area contributed by atoms with Gasteiger partial charge in [-0.2, -0.15) is 0 Å². The van der Waals surface area contributed by atoms with Crippen LogP contribution in [-0.2, 0) is 5.41 Å². The number of aryl methyl sites for hydroxylation is 1. The van der Waals surface area contributed by atoms with E-state index in [2.05, 4.69) is 38.7 Å². The fourth-order valence-corrected chi connectivity index (χ4v) is 1.33. The minimum Gasteiger partial charge on any atom is -0.215 e. The highest BCUT2D eigenvalue weighted by molar-refractivity contribution is 5.19. The van der Waals surface area contributed by atoms with Crippen LogP contribution >= 0.6 is 0 Å². The highest BCUT2D eigenvalue weighted by atomic mass is 14.7. The summed E-state index contributed by atoms with van der Waals surface area (Å²) in [5, 5.41) is 0. The molecule has 11 heavy (non-hydrogen) atoms. The minimum absolute atomic E-state index is 0.228. The monoisotopic (exact) mass is 150 g/mol. The molecule has 1 nitrogen and oxygen atoms in total. The van der Waals surface area contributed by atoms with Crippen LogP contribution in [0, 0.1) is 6.92 Å². The van der Waals surface area contributed by atoms with E-state index in [0.29, 0.717) is 0 Å². The van der Waals surface area contributed by atoms with Gasteiger partial charge in [-0.15, -0.1) is 0 Å². The summed E-state index contributed by atoms with van der Waals surface area (Å²) in [6.07, 6.45) is 1.98. The van der Waals surface area contributed by atoms with Crippen LogP contribution < -0.4 is 4.98 Å². The average molecular weight is 150 g/mol. The third-order valence-corrected chi connectivity index (χ3v) is 1.81. The quantitative estimate of drug-likeness (QED) is 0.538. The van der Waals surface area contributed by atoms with E-state index in [-0.39, 0.29) is 5.41 Å². The van der Waals surface area contributed by atoms with Crippen LogP contribution in [0.1, 0.15) is 32.0 Å². The van der Waals surface area contributed by atoms with Gasteiger partial charge in [0, 0.05) is 17.0 Å². The smallest absolute Gasteiger partial charge is 0.187 e. The van der Waals surface area contributed by atoms with Crippen molar-refractivity contribution >= 4 is 0 Å². The number of nitrogens with one attached hydrogen (secondary N) is 1. The molecule has 60 valence electrons. The molecule has 0 bridgehead atoms. The summed E-state index contributed by atoms with van der Waals surface area (Å²) in [7, 11) is 0. The molecule has 0 saturated carbocycles. The van der Waals surface area contributed by atoms with Crippen molar-refractivity contribution in [3.8, 4) is 0 Å². The van der Waals surface area contributed by atoms with Gasteiger partial charge in [0.15, 0.2) is 11.9 Å². The van der Waals surface area contributed by atoms with Crippen molar-refractivity contribution in [2.24, 2.45) is 0 Å². The zero-order valence-corrected chi connectivity index (χ0v) is 7.73. The first-order valence-corrected chi connectivity index (χ1v) is 3.99. The third kappa shape index (κ3) is 1.79. The Hall–Kier alpha value is -0.850. The zero-order valence-electron chi connectivity index (χ0n) is 7.73. The van der Waals surface area contributed by atoms with Crippen molar-refractivity contribution in [3.05, 3.63) is 29.6 Å². The molecule has 0 aromatic carbocycles. The molecule has 0 saturated heterocycles. The molecule has 0 aliphatic heterocycles. The first-order chi connectivity index (χ1) is 5.02. The molecule has 1 rings (SSSR count). The lowest BCUT2D eigenvalue weighted by Crippen LogP contribution is -2.25. The second-order valence-corrected chi connectivity index (χ2v) is 3.98. The van der Waals surface area contributed by atoms with Gasteiger partial charge in [-0.3, -0.25) is 0 Å². The molecular weight excluding hydrogens is 134 g/mol. The Labute approximate surface area is 68.5 Å². The van der Waals surface area contributed by atoms with E-state index in [1.807, 2.05) is 12.3 Å². The van der Waals surface area contributed by atoms with E-state index in [0.717, 1.165) is 0 Å². The molecule has 1 aromatic rings. The Morgan fingerprint density at radius 2 is 1.91 bits per heavy atom. The zero-order chi connectivity index (χ0) is 8.48. The highest BCUT2D eigenvalue weighted by Gasteiger charge is 2.22. The van der Waals surface area contributed by atoms with Gasteiger partial charge in [0.25, 0.3) is 0 Å². The molecule has 0 spiro atoms. The van der Waals surface area contributed by atoms with Crippen molar-refractivity contribution in [1.29, 1.82) is 0 Å². The molecule has 1 heteroatoms. The fourth-order valence-electron chi connectivity index (χ4n) is 1.33. The van der Waals surface area contributed by atoms with Crippen molar-refractivity contribution in [3.63, 3.8) is 0 Å². The largest absolute Gasteiger partial charge is 0.215 e. The molecule has 0 fully saturated rings. The van der Waals surface area contributed by atoms with Gasteiger partial charge in [-0.05, 0) is 13.0 Å². The summed E-state index contributed by atoms with van der Waals surface area (Å²) in [4.78, 5) is 3.28. The second-order valence-electron chi connectivity index (χ2n) is 3.98. The van der Waals surface area contributed by atoms with Crippen LogP contribution in [-0.4, -0.2) is 0 Å². The molecule has 0 atom stereocenters. The van der Waals surface area contributed by atoms with Gasteiger partial charge >= 0.3 is 0 Å². The van der Waals surface area contributed by atoms with E-state index < -0.39 is 0 Å². The maximum atomic E-state index is 3.28. The van der Waals surface area contributed by atoms with Crippen LogP contribution in [0.5, 0.6) is 0 Å². The van der Waals surface area contributed by atoms with E-state index in [1.165, 1.54) is 11.3 Å². The summed E-state index contributed by atoms with van der Waals surface area (Å²) in [5.41, 5.74) is 2.88. The number of pyridine rings is 1. The molecule has 1 N–H and O–H groups in total. The van der Waals surface area contributed by atoms with Crippen LogP contribution in [0.2, 0.25) is 0 Å². The van der Waals surface area contributed by atoms with E-state index >= 15 is 0 Å². The first-order valence-electron chi connectivity index (χ1n) is 3.99. The predicted molar refractivity (Wildman–Crippen MR) is 46.4 cm³/mol. The lowest BCUT2D eigenvalue weighted by Gasteiger charge is -2.13. The fraction of sp³-hybridized carbons (Fsp3) is 0.500. The van der Waals surface area contributed by atoms with E-state index in [1.54, 1.807) is 0 Å². The van der Waals surface area contributed by atoms with Gasteiger partial charge in [0.1, 0.15) is 0 Å². The Morgan fingerprint density at radius 3 is 2.27 bits per heavy atom. The molecule has 1 heterocycles. The van der Waals surface area contributed by atoms with Crippen LogP contribution in [0.15, 0.2) is 18.3 Å². The second kappa shape index (κ2) is 2.65. The number of aromatic nitrogens is 1. The predicted octanol–water partition coefficient (Wildman–Crippen LogP) is 2.11. The van der Waals surface area contributed by atoms with E-state index in [4.69, 9.17) is 0 Å². The highest BCUT2D eigenvalue weighted by Crippen LogP contribution is 2.19. The molecule has 0 aliphatic rings. The maximum Gasteiger partial charge on any atom is 0.187 e. The number of H-pyrrole nitrogens is 1. The average Bonchev–Trinajstić information content (AvgIpc) is 1.86. The Kier molecular flexibility index (Phi) is 1.99. The molecule has 0 amide bonds. The van der Waals surface area contributed by atoms with Crippen molar-refractivity contribution in [2.45, 2.75) is 33.1 Å². The number of aromatic amines is 1. The van der Waals surface area contributed by atoms with Crippen molar-refractivity contribution < 1.29 is 4.98 Å². The maximum absolute atomic E-state index is 3.28. The first kappa shape index (κ1) is 8.25. The lowest BCUT2D eigenvalue weighted by atomic mass is 9.89. The lowest BCUT2D eigenvalue weighted by molar-refractivity contribution is -0.397. The standard InChI is InChI=1S/C10H15N/c1-8-6-5-7-11-9(8)10(2,3)4/h5-7H,1-4H3/p+1. The number of rotatable bonds is 0. The summed E-state index contributed by atoms with van der Waals surface area (Å²) >= 11 is 0. The Bertz CT molecular complexity index is 245. The van der Waals surface area contributed by atoms with Gasteiger partial charge in [0.2, 0.25) is 0 Å². The normalized spacial score (nSPS) is 11.6. The van der Waals surface area contributed by atoms with Gasteiger partial charge in [0.05, 0.1) is 0 Å². The third-order valence-electron chi connectivity index (χ3n) is 1.81. The summed E-state index contributed by atoms with van der Waals surface area (Å²) in [5.74, 6) is 0. The SMILES string of the molecule is Cc1ccc[nH+]c1C(C)(C)C. The minimum atomic E-state index is 0.228. The van der Waals surface area contributed by atoms with Crippen LogP contribution in [0.25, 0.3) is 0 Å². The van der Waals surface area contributed by atoms with Crippen LogP contribution in [0.3, 0.4) is 0 Å². The summed E-state index contributed by atoms with van der Waals surface area (Å²) in [6.45, 7) is 8.78. The molecule has 1 aromatic heterocycles. The van der Waals surface area contributed by atoms with Gasteiger partial charge < -0.3 is 0 Å². The van der Waals surface area contributed by atoms with Gasteiger partial charge in [-0.1, -0.05) is 20.8 Å². The molecule has 0 radical (unpaired) electrons. The molecular formula is C10H16N+. The molecule has 0 unspecified atom stereocenters. The van der Waals surface area contributed by atoms with Crippen molar-refractivity contribution in [2.75, 3.05) is 0 Å². The summed E-state index contributed by atoms with van der Waals surface area (Å²) in [6, 6.07) is 4.17. The number of hydrogen-bond donors (Lipinski definition) is 0. The van der Waals surface area contributed by atoms with Gasteiger partial charge in [-0.25, -0.2) is 4.98 Å². The molecule has 0 aliphatic carbocycles. The summed E-state index contributed by atoms with van der Waals surface area (Å²) < 4.78 is 0. The van der Waals surface area contributed by atoms with E-state index in [9.17, 15) is 0 Å². The topological polar surface area (TPSA) is 14.1 Å².